The van der Waals surface area contributed by atoms with Crippen LogP contribution in [0.1, 0.15) is 36.8 Å². The Morgan fingerprint density at radius 1 is 0.706 bits per heavy atom. The fourth-order valence-corrected chi connectivity index (χ4v) is 4.49. The summed E-state index contributed by atoms with van der Waals surface area (Å²) < 4.78 is 2.04. The van der Waals surface area contributed by atoms with Crippen LogP contribution in [0, 0.1) is 10.8 Å². The normalized spacial score (nSPS) is 16.1. The van der Waals surface area contributed by atoms with Crippen molar-refractivity contribution >= 4 is 41.9 Å². The first-order chi connectivity index (χ1) is 16.2. The van der Waals surface area contributed by atoms with Gasteiger partial charge in [0.25, 0.3) is 0 Å². The van der Waals surface area contributed by atoms with E-state index in [9.17, 15) is 0 Å². The molecule has 5 rings (SSSR count). The summed E-state index contributed by atoms with van der Waals surface area (Å²) in [7, 11) is 0. The molecule has 2 aromatic heterocycles. The van der Waals surface area contributed by atoms with E-state index in [2.05, 4.69) is 40.3 Å². The predicted molar refractivity (Wildman–Crippen MR) is 143 cm³/mol. The fraction of sp³-hybridized carbons (Fsp3) is 0.296. The van der Waals surface area contributed by atoms with Gasteiger partial charge in [0.05, 0.1) is 5.69 Å². The van der Waals surface area contributed by atoms with Gasteiger partial charge in [-0.15, -0.1) is 12.4 Å². The van der Waals surface area contributed by atoms with E-state index in [0.29, 0.717) is 11.7 Å². The summed E-state index contributed by atoms with van der Waals surface area (Å²) >= 11 is 0. The number of amidine groups is 2. The lowest BCUT2D eigenvalue weighted by atomic mass is 10.1. The van der Waals surface area contributed by atoms with Crippen LogP contribution >= 0.6 is 12.4 Å². The Hall–Kier alpha value is -3.38. The van der Waals surface area contributed by atoms with Crippen molar-refractivity contribution in [3.63, 3.8) is 0 Å². The Bertz CT molecular complexity index is 1210. The molecule has 2 fully saturated rings. The number of pyridine rings is 1. The molecule has 2 N–H and O–H groups in total. The third-order valence-corrected chi connectivity index (χ3v) is 6.44. The highest BCUT2D eigenvalue weighted by Gasteiger charge is 2.13. The maximum absolute atomic E-state index is 8.23. The molecule has 176 valence electrons. The number of aromatic nitrogens is 2. The van der Waals surface area contributed by atoms with Crippen molar-refractivity contribution in [3.8, 4) is 11.3 Å². The standard InChI is InChI=1S/C27H30N6.ClH/c28-25(31-15-1-2-16-31)12-7-21-5-10-23(11-6-21)24-20-33-19-22(9-14-27(33)30-24)8-13-26(29)32-17-3-4-18-32;/h5-14,19-20,28-29H,1-4,15-18H2;1H/b12-7+,13-8+,28-25?,29-26?;. The van der Waals surface area contributed by atoms with Crippen molar-refractivity contribution in [1.82, 2.24) is 19.2 Å². The van der Waals surface area contributed by atoms with Crippen molar-refractivity contribution in [2.24, 2.45) is 0 Å². The number of benzene rings is 1. The lowest BCUT2D eigenvalue weighted by Crippen LogP contribution is -2.24. The quantitative estimate of drug-likeness (QED) is 0.373. The molecule has 34 heavy (non-hydrogen) atoms. The number of halogens is 1. The molecule has 2 aliphatic heterocycles. The van der Waals surface area contributed by atoms with E-state index in [-0.39, 0.29) is 12.4 Å². The van der Waals surface area contributed by atoms with E-state index in [1.165, 1.54) is 25.7 Å². The molecule has 0 spiro atoms. The SMILES string of the molecule is Cl.N=C(/C=C/c1ccc(-c2cn3cc(/C=C/C(=N)N4CCCC4)ccc3n2)cc1)N1CCCC1. The average molecular weight is 475 g/mol. The third kappa shape index (κ3) is 5.39. The Labute approximate surface area is 207 Å². The summed E-state index contributed by atoms with van der Waals surface area (Å²) in [6, 6.07) is 12.4. The average Bonchev–Trinajstić information content (AvgIpc) is 3.62. The molecule has 3 aromatic rings. The molecule has 0 aliphatic carbocycles. The number of fused-ring (bicyclic) bond motifs is 1. The first-order valence-electron chi connectivity index (χ1n) is 11.8. The van der Waals surface area contributed by atoms with Crippen LogP contribution in [-0.2, 0) is 0 Å². The molecule has 0 amide bonds. The number of hydrogen-bond acceptors (Lipinski definition) is 3. The fourth-order valence-electron chi connectivity index (χ4n) is 4.49. The second-order valence-corrected chi connectivity index (χ2v) is 8.80. The van der Waals surface area contributed by atoms with Crippen LogP contribution in [-0.4, -0.2) is 57.0 Å². The van der Waals surface area contributed by atoms with Gasteiger partial charge < -0.3 is 14.2 Å². The molecular weight excluding hydrogens is 444 g/mol. The molecule has 1 aromatic carbocycles. The number of likely N-dealkylation sites (tertiary alicyclic amines) is 2. The Kier molecular flexibility index (Phi) is 7.48. The van der Waals surface area contributed by atoms with E-state index < -0.39 is 0 Å². The van der Waals surface area contributed by atoms with E-state index in [1.807, 2.05) is 47.0 Å². The van der Waals surface area contributed by atoms with Crippen molar-refractivity contribution < 1.29 is 0 Å². The summed E-state index contributed by atoms with van der Waals surface area (Å²) in [5, 5.41) is 16.4. The molecule has 2 aliphatic rings. The van der Waals surface area contributed by atoms with Crippen LogP contribution < -0.4 is 0 Å². The van der Waals surface area contributed by atoms with Crippen LogP contribution in [0.4, 0.5) is 0 Å². The van der Waals surface area contributed by atoms with Crippen molar-refractivity contribution in [2.75, 3.05) is 26.2 Å². The lowest BCUT2D eigenvalue weighted by Gasteiger charge is -2.14. The molecular formula is C27H31ClN6. The minimum absolute atomic E-state index is 0. The zero-order valence-corrected chi connectivity index (χ0v) is 20.1. The third-order valence-electron chi connectivity index (χ3n) is 6.44. The minimum atomic E-state index is 0. The zero-order chi connectivity index (χ0) is 22.6. The van der Waals surface area contributed by atoms with Gasteiger partial charge in [-0.3, -0.25) is 10.8 Å². The molecule has 0 unspecified atom stereocenters. The largest absolute Gasteiger partial charge is 0.357 e. The van der Waals surface area contributed by atoms with Gasteiger partial charge in [0, 0.05) is 44.1 Å². The number of nitrogens with one attached hydrogen (secondary N) is 2. The van der Waals surface area contributed by atoms with Gasteiger partial charge in [0.15, 0.2) is 0 Å². The van der Waals surface area contributed by atoms with E-state index in [0.717, 1.165) is 54.2 Å². The predicted octanol–water partition coefficient (Wildman–Crippen LogP) is 5.60. The molecule has 0 saturated carbocycles. The number of hydrogen-bond donors (Lipinski definition) is 2. The molecule has 2 saturated heterocycles. The van der Waals surface area contributed by atoms with Crippen molar-refractivity contribution in [3.05, 3.63) is 72.1 Å². The summed E-state index contributed by atoms with van der Waals surface area (Å²) in [6.45, 7) is 3.97. The maximum atomic E-state index is 8.23. The van der Waals surface area contributed by atoms with Gasteiger partial charge in [0.1, 0.15) is 17.3 Å². The van der Waals surface area contributed by atoms with Gasteiger partial charge >= 0.3 is 0 Å². The van der Waals surface area contributed by atoms with Crippen molar-refractivity contribution in [1.29, 1.82) is 10.8 Å². The van der Waals surface area contributed by atoms with E-state index in [4.69, 9.17) is 15.8 Å². The summed E-state index contributed by atoms with van der Waals surface area (Å²) in [5.41, 5.74) is 5.04. The highest BCUT2D eigenvalue weighted by Crippen LogP contribution is 2.21. The highest BCUT2D eigenvalue weighted by atomic mass is 35.5. The lowest BCUT2D eigenvalue weighted by molar-refractivity contribution is 0.519. The van der Waals surface area contributed by atoms with Crippen LogP contribution in [0.2, 0.25) is 0 Å². The molecule has 7 heteroatoms. The molecule has 6 nitrogen and oxygen atoms in total. The summed E-state index contributed by atoms with van der Waals surface area (Å²) in [6.07, 6.45) is 16.6. The highest BCUT2D eigenvalue weighted by molar-refractivity contribution is 5.94. The van der Waals surface area contributed by atoms with Crippen LogP contribution in [0.25, 0.3) is 29.1 Å². The topological polar surface area (TPSA) is 71.5 Å². The molecule has 0 bridgehead atoms. The Morgan fingerprint density at radius 2 is 1.24 bits per heavy atom. The van der Waals surface area contributed by atoms with Crippen LogP contribution in [0.3, 0.4) is 0 Å². The van der Waals surface area contributed by atoms with E-state index >= 15 is 0 Å². The smallest absolute Gasteiger partial charge is 0.137 e. The molecule has 0 atom stereocenters. The van der Waals surface area contributed by atoms with Crippen molar-refractivity contribution in [2.45, 2.75) is 25.7 Å². The van der Waals surface area contributed by atoms with Gasteiger partial charge in [-0.1, -0.05) is 30.3 Å². The first-order valence-corrected chi connectivity index (χ1v) is 11.8. The number of imidazole rings is 1. The maximum Gasteiger partial charge on any atom is 0.137 e. The van der Waals surface area contributed by atoms with Gasteiger partial charge in [0.2, 0.25) is 0 Å². The first kappa shape index (κ1) is 23.8. The monoisotopic (exact) mass is 474 g/mol. The number of rotatable bonds is 5. The number of nitrogens with zero attached hydrogens (tertiary/aromatic N) is 4. The van der Waals surface area contributed by atoms with Crippen LogP contribution in [0.15, 0.2) is 60.9 Å². The Morgan fingerprint density at radius 3 is 1.82 bits per heavy atom. The zero-order valence-electron chi connectivity index (χ0n) is 19.3. The van der Waals surface area contributed by atoms with Gasteiger partial charge in [-0.2, -0.15) is 0 Å². The summed E-state index contributed by atoms with van der Waals surface area (Å²) in [5.74, 6) is 1.18. The van der Waals surface area contributed by atoms with Crippen LogP contribution in [0.5, 0.6) is 0 Å². The Balaban J connectivity index is 0.00000274. The minimum Gasteiger partial charge on any atom is -0.357 e. The van der Waals surface area contributed by atoms with Gasteiger partial charge in [-0.05, 0) is 67.2 Å². The molecule has 4 heterocycles. The second-order valence-electron chi connectivity index (χ2n) is 8.80. The van der Waals surface area contributed by atoms with Gasteiger partial charge in [-0.25, -0.2) is 4.98 Å². The second kappa shape index (κ2) is 10.7. The summed E-state index contributed by atoms with van der Waals surface area (Å²) in [4.78, 5) is 9.02. The molecule has 0 radical (unpaired) electrons. The van der Waals surface area contributed by atoms with E-state index in [1.54, 1.807) is 0 Å².